The normalized spacial score (nSPS) is 17.1. The molecule has 2 atom stereocenters. The first-order valence-electron chi connectivity index (χ1n) is 16.4. The van der Waals surface area contributed by atoms with E-state index in [1.165, 1.54) is 24.3 Å². The number of rotatable bonds is 15. The van der Waals surface area contributed by atoms with Crippen LogP contribution in [0.5, 0.6) is 6.01 Å². The van der Waals surface area contributed by atoms with Crippen molar-refractivity contribution in [1.82, 2.24) is 35.8 Å². The zero-order chi connectivity index (χ0) is 37.5. The van der Waals surface area contributed by atoms with E-state index in [1.807, 2.05) is 19.2 Å². The summed E-state index contributed by atoms with van der Waals surface area (Å²) in [6.45, 7) is -0.919. The van der Waals surface area contributed by atoms with Gasteiger partial charge in [-0.1, -0.05) is 23.7 Å². The number of likely N-dealkylation sites (tertiary alicyclic amines) is 1. The van der Waals surface area contributed by atoms with Crippen LogP contribution in [0.25, 0.3) is 0 Å². The lowest BCUT2D eigenvalue weighted by molar-refractivity contribution is -0.154. The smallest absolute Gasteiger partial charge is 0.422 e. The van der Waals surface area contributed by atoms with E-state index in [-0.39, 0.29) is 24.0 Å². The lowest BCUT2D eigenvalue weighted by atomic mass is 10.1. The van der Waals surface area contributed by atoms with Gasteiger partial charge in [-0.15, -0.1) is 0 Å². The standard InChI is InChI=1S/C33H37ClF3N9O6/c1-46-16-2-3-23(46)12-15-38-26(48)27(49)39-17-24(28(50)51)41-25(47)19-4-10-22(11-5-19)40-29-42-30(44-31(43-29)52-18-33(35,36)37)45-32(13-14-32)20-6-8-21(34)9-7-20/h4-11,23-24H,2-3,12-18H2,1H3,(H,38,48)(H,39,49)(H,41,47)(H,50,51)(H2,40,42,43,44,45)/t23?,24-/m0/s1. The largest absolute Gasteiger partial charge is 0.480 e. The number of carbonyl (C=O) groups excluding carboxylic acids is 3. The quantitative estimate of drug-likeness (QED) is 0.124. The molecule has 1 aromatic heterocycles. The van der Waals surface area contributed by atoms with Gasteiger partial charge >= 0.3 is 30.0 Å². The summed E-state index contributed by atoms with van der Waals surface area (Å²) in [5, 5.41) is 23.2. The molecule has 0 radical (unpaired) electrons. The van der Waals surface area contributed by atoms with Crippen molar-refractivity contribution in [2.45, 2.75) is 55.9 Å². The Morgan fingerprint density at radius 3 is 2.29 bits per heavy atom. The molecule has 2 aliphatic rings. The zero-order valence-electron chi connectivity index (χ0n) is 27.9. The van der Waals surface area contributed by atoms with Gasteiger partial charge in [0, 0.05) is 35.4 Å². The van der Waals surface area contributed by atoms with Crippen LogP contribution in [-0.2, 0) is 19.9 Å². The van der Waals surface area contributed by atoms with Crippen molar-refractivity contribution in [2.24, 2.45) is 0 Å². The molecule has 5 rings (SSSR count). The molecule has 1 aliphatic heterocycles. The number of halogens is 4. The maximum atomic E-state index is 12.9. The highest BCUT2D eigenvalue weighted by Crippen LogP contribution is 2.48. The molecule has 2 heterocycles. The molecule has 1 saturated heterocycles. The summed E-state index contributed by atoms with van der Waals surface area (Å²) in [6, 6.07) is 10.9. The Morgan fingerprint density at radius 2 is 1.67 bits per heavy atom. The minimum Gasteiger partial charge on any atom is -0.480 e. The van der Waals surface area contributed by atoms with Gasteiger partial charge in [-0.3, -0.25) is 14.4 Å². The first-order valence-corrected chi connectivity index (χ1v) is 16.7. The zero-order valence-corrected chi connectivity index (χ0v) is 28.7. The first kappa shape index (κ1) is 38.0. The molecule has 3 amide bonds. The van der Waals surface area contributed by atoms with Crippen LogP contribution < -0.4 is 31.3 Å². The van der Waals surface area contributed by atoms with E-state index < -0.39 is 60.6 Å². The molecule has 3 aromatic rings. The third kappa shape index (κ3) is 10.6. The van der Waals surface area contributed by atoms with E-state index in [2.05, 4.69) is 46.4 Å². The summed E-state index contributed by atoms with van der Waals surface area (Å²) < 4.78 is 43.6. The minimum absolute atomic E-state index is 0.0423. The van der Waals surface area contributed by atoms with Crippen molar-refractivity contribution >= 4 is 52.9 Å². The Hall–Kier alpha value is -5.23. The van der Waals surface area contributed by atoms with E-state index in [1.54, 1.807) is 12.1 Å². The number of nitrogens with zero attached hydrogens (tertiary/aromatic N) is 4. The third-order valence-electron chi connectivity index (χ3n) is 8.59. The Morgan fingerprint density at radius 1 is 1.00 bits per heavy atom. The van der Waals surface area contributed by atoms with Crippen LogP contribution in [0.1, 0.15) is 48.0 Å². The number of aromatic nitrogens is 3. The molecule has 6 N–H and O–H groups in total. The molecule has 0 spiro atoms. The average Bonchev–Trinajstić information content (AvgIpc) is 3.76. The van der Waals surface area contributed by atoms with Gasteiger partial charge < -0.3 is 41.3 Å². The van der Waals surface area contributed by atoms with Crippen molar-refractivity contribution in [2.75, 3.05) is 43.9 Å². The number of alkyl halides is 3. The van der Waals surface area contributed by atoms with Gasteiger partial charge in [0.2, 0.25) is 11.9 Å². The molecule has 278 valence electrons. The van der Waals surface area contributed by atoms with Crippen molar-refractivity contribution in [1.29, 1.82) is 0 Å². The Bertz CT molecular complexity index is 1760. The fraction of sp³-hybridized carbons (Fsp3) is 0.424. The fourth-order valence-electron chi connectivity index (χ4n) is 5.60. The number of ether oxygens (including phenoxy) is 1. The van der Waals surface area contributed by atoms with E-state index in [4.69, 9.17) is 16.3 Å². The highest BCUT2D eigenvalue weighted by Gasteiger charge is 2.45. The van der Waals surface area contributed by atoms with Crippen LogP contribution in [-0.4, -0.2) is 100 Å². The van der Waals surface area contributed by atoms with Gasteiger partial charge in [-0.2, -0.15) is 28.1 Å². The molecule has 1 aliphatic carbocycles. The van der Waals surface area contributed by atoms with Crippen molar-refractivity contribution < 1.29 is 42.2 Å². The van der Waals surface area contributed by atoms with Crippen molar-refractivity contribution in [3.63, 3.8) is 0 Å². The summed E-state index contributed by atoms with van der Waals surface area (Å²) in [5.41, 5.74) is 0.689. The van der Waals surface area contributed by atoms with Crippen LogP contribution in [0, 0.1) is 0 Å². The van der Waals surface area contributed by atoms with Crippen molar-refractivity contribution in [3.05, 3.63) is 64.7 Å². The summed E-state index contributed by atoms with van der Waals surface area (Å²) >= 11 is 6.01. The SMILES string of the molecule is CN1CCCC1CCNC(=O)C(=O)NC[C@H](NC(=O)c1ccc(Nc2nc(NC3(c4ccc(Cl)cc4)CC3)nc(OCC(F)(F)F)n2)cc1)C(=O)O. The van der Waals surface area contributed by atoms with Crippen LogP contribution in [0.15, 0.2) is 48.5 Å². The molecule has 1 saturated carbocycles. The predicted octanol–water partition coefficient (Wildman–Crippen LogP) is 3.21. The number of carboxylic acid groups (broad SMARTS) is 1. The van der Waals surface area contributed by atoms with E-state index >= 15 is 0 Å². The second-order valence-electron chi connectivity index (χ2n) is 12.5. The van der Waals surface area contributed by atoms with Crippen LogP contribution in [0.4, 0.5) is 30.8 Å². The fourth-order valence-corrected chi connectivity index (χ4v) is 5.73. The molecule has 0 bridgehead atoms. The predicted molar refractivity (Wildman–Crippen MR) is 182 cm³/mol. The topological polar surface area (TPSA) is 200 Å². The molecular formula is C33H37ClF3N9O6. The number of benzene rings is 2. The highest BCUT2D eigenvalue weighted by atomic mass is 35.5. The second kappa shape index (κ2) is 16.4. The number of aliphatic carboxylic acids is 1. The average molecular weight is 748 g/mol. The van der Waals surface area contributed by atoms with Gasteiger partial charge in [0.15, 0.2) is 6.61 Å². The number of carbonyl (C=O) groups is 4. The summed E-state index contributed by atoms with van der Waals surface area (Å²) in [4.78, 5) is 63.6. The lowest BCUT2D eigenvalue weighted by Gasteiger charge is -2.19. The molecule has 15 nitrogen and oxygen atoms in total. The third-order valence-corrected chi connectivity index (χ3v) is 8.84. The van der Waals surface area contributed by atoms with Gasteiger partial charge in [0.05, 0.1) is 5.54 Å². The number of amides is 3. The van der Waals surface area contributed by atoms with Gasteiger partial charge in [0.25, 0.3) is 5.91 Å². The minimum atomic E-state index is -4.64. The molecule has 2 aromatic carbocycles. The number of hydrogen-bond donors (Lipinski definition) is 6. The summed E-state index contributed by atoms with van der Waals surface area (Å²) in [7, 11) is 2.00. The van der Waals surface area contributed by atoms with E-state index in [0.29, 0.717) is 36.0 Å². The molecule has 19 heteroatoms. The van der Waals surface area contributed by atoms with Gasteiger partial charge in [-0.25, -0.2) is 4.79 Å². The number of hydrogen-bond acceptors (Lipinski definition) is 11. The maximum Gasteiger partial charge on any atom is 0.422 e. The molecule has 2 fully saturated rings. The van der Waals surface area contributed by atoms with Gasteiger partial charge in [0.1, 0.15) is 6.04 Å². The lowest BCUT2D eigenvalue weighted by Crippen LogP contribution is -2.51. The Kier molecular flexibility index (Phi) is 12.0. The van der Waals surface area contributed by atoms with Crippen LogP contribution in [0.3, 0.4) is 0 Å². The number of nitrogens with one attached hydrogen (secondary N) is 5. The maximum absolute atomic E-state index is 12.9. The van der Waals surface area contributed by atoms with Crippen LogP contribution in [0.2, 0.25) is 5.02 Å². The highest BCUT2D eigenvalue weighted by molar-refractivity contribution is 6.35. The monoisotopic (exact) mass is 747 g/mol. The first-order chi connectivity index (χ1) is 24.7. The molecule has 1 unspecified atom stereocenters. The molecule has 52 heavy (non-hydrogen) atoms. The van der Waals surface area contributed by atoms with Crippen molar-refractivity contribution in [3.8, 4) is 6.01 Å². The van der Waals surface area contributed by atoms with E-state index in [9.17, 15) is 37.5 Å². The second-order valence-corrected chi connectivity index (χ2v) is 12.9. The number of carboxylic acids is 1. The Labute approximate surface area is 301 Å². The molecular weight excluding hydrogens is 711 g/mol. The van der Waals surface area contributed by atoms with Crippen LogP contribution >= 0.6 is 11.6 Å². The van der Waals surface area contributed by atoms with Gasteiger partial charge in [-0.05, 0) is 87.7 Å². The van der Waals surface area contributed by atoms with E-state index in [0.717, 1.165) is 24.9 Å². The Balaban J connectivity index is 1.18. The number of anilines is 3. The summed E-state index contributed by atoms with van der Waals surface area (Å²) in [5.74, 6) is -4.37. The summed E-state index contributed by atoms with van der Waals surface area (Å²) in [6.07, 6.45) is -0.485.